The Balaban J connectivity index is 2.10. The van der Waals surface area contributed by atoms with E-state index in [0.717, 1.165) is 18.3 Å². The van der Waals surface area contributed by atoms with Crippen LogP contribution in [-0.4, -0.2) is 22.6 Å². The molecule has 0 aliphatic heterocycles. The highest BCUT2D eigenvalue weighted by atomic mass is 19.4. The van der Waals surface area contributed by atoms with Crippen LogP contribution in [-0.2, 0) is 0 Å². The molecule has 1 fully saturated rings. The summed E-state index contributed by atoms with van der Waals surface area (Å²) in [7, 11) is 0. The number of rotatable bonds is 2. The second-order valence-corrected chi connectivity index (χ2v) is 3.90. The van der Waals surface area contributed by atoms with Crippen LogP contribution in [0.3, 0.4) is 0 Å². The number of hydrogen-bond acceptors (Lipinski definition) is 2. The van der Waals surface area contributed by atoms with E-state index in [1.54, 1.807) is 0 Å². The van der Waals surface area contributed by atoms with Crippen molar-refractivity contribution in [1.82, 2.24) is 10.3 Å². The molecule has 2 rings (SSSR count). The lowest BCUT2D eigenvalue weighted by Crippen LogP contribution is -2.47. The van der Waals surface area contributed by atoms with Crippen LogP contribution in [0.5, 0.6) is 0 Å². The summed E-state index contributed by atoms with van der Waals surface area (Å²) in [5, 5.41) is 1.92. The first-order chi connectivity index (χ1) is 7.84. The summed E-state index contributed by atoms with van der Waals surface area (Å²) in [6.45, 7) is 0. The Morgan fingerprint density at radius 3 is 2.41 bits per heavy atom. The van der Waals surface area contributed by atoms with Crippen LogP contribution in [0.4, 0.5) is 17.6 Å². The Morgan fingerprint density at radius 1 is 1.35 bits per heavy atom. The van der Waals surface area contributed by atoms with Crippen LogP contribution in [0.15, 0.2) is 18.3 Å². The van der Waals surface area contributed by atoms with Crippen molar-refractivity contribution in [3.05, 3.63) is 29.8 Å². The molecule has 0 aromatic carbocycles. The fraction of sp³-hybridized carbons (Fsp3) is 0.400. The monoisotopic (exact) mass is 248 g/mol. The molecule has 0 spiro atoms. The molecule has 0 bridgehead atoms. The second kappa shape index (κ2) is 3.68. The van der Waals surface area contributed by atoms with E-state index in [-0.39, 0.29) is 18.4 Å². The molecule has 0 radical (unpaired) electrons. The van der Waals surface area contributed by atoms with E-state index >= 15 is 0 Å². The number of amides is 1. The van der Waals surface area contributed by atoms with Crippen LogP contribution in [0, 0.1) is 5.95 Å². The molecule has 1 aliphatic carbocycles. The van der Waals surface area contributed by atoms with Gasteiger partial charge in [-0.15, -0.1) is 0 Å². The summed E-state index contributed by atoms with van der Waals surface area (Å²) in [5.41, 5.74) is -2.21. The standard InChI is InChI=1S/C10H8F4N2O/c11-7-2-1-6(5-15-7)8(17)16-9(3-4-9)10(12,13)14/h1-2,5H,3-4H2,(H,16,17). The van der Waals surface area contributed by atoms with Crippen LogP contribution in [0.25, 0.3) is 0 Å². The third kappa shape index (κ3) is 2.22. The molecule has 0 saturated heterocycles. The lowest BCUT2D eigenvalue weighted by Gasteiger charge is -2.20. The lowest BCUT2D eigenvalue weighted by molar-refractivity contribution is -0.163. The second-order valence-electron chi connectivity index (χ2n) is 3.90. The highest BCUT2D eigenvalue weighted by Crippen LogP contribution is 2.48. The number of aromatic nitrogens is 1. The zero-order chi connectivity index (χ0) is 12.7. The van der Waals surface area contributed by atoms with E-state index in [9.17, 15) is 22.4 Å². The third-order valence-corrected chi connectivity index (χ3v) is 2.64. The van der Waals surface area contributed by atoms with Crippen molar-refractivity contribution in [2.75, 3.05) is 0 Å². The van der Waals surface area contributed by atoms with Crippen molar-refractivity contribution < 1.29 is 22.4 Å². The third-order valence-electron chi connectivity index (χ3n) is 2.64. The maximum absolute atomic E-state index is 12.5. The summed E-state index contributed by atoms with van der Waals surface area (Å²) in [5.74, 6) is -1.69. The van der Waals surface area contributed by atoms with Crippen molar-refractivity contribution in [3.8, 4) is 0 Å². The zero-order valence-electron chi connectivity index (χ0n) is 8.51. The van der Waals surface area contributed by atoms with Crippen LogP contribution in [0.2, 0.25) is 0 Å². The molecule has 1 N–H and O–H groups in total. The number of nitrogens with zero attached hydrogens (tertiary/aromatic N) is 1. The van der Waals surface area contributed by atoms with Crippen molar-refractivity contribution in [1.29, 1.82) is 0 Å². The minimum absolute atomic E-state index is 0.0954. The summed E-state index contributed by atoms with van der Waals surface area (Å²) in [4.78, 5) is 14.7. The molecular formula is C10H8F4N2O. The van der Waals surface area contributed by atoms with Gasteiger partial charge in [0.15, 0.2) is 0 Å². The molecule has 1 aromatic rings. The number of nitrogens with one attached hydrogen (secondary N) is 1. The zero-order valence-corrected chi connectivity index (χ0v) is 8.51. The molecule has 1 amide bonds. The van der Waals surface area contributed by atoms with E-state index in [0.29, 0.717) is 0 Å². The Hall–Kier alpha value is -1.66. The number of carbonyl (C=O) groups is 1. The fourth-order valence-corrected chi connectivity index (χ4v) is 1.40. The van der Waals surface area contributed by atoms with E-state index in [4.69, 9.17) is 0 Å². The molecule has 3 nitrogen and oxygen atoms in total. The molecule has 17 heavy (non-hydrogen) atoms. The fourth-order valence-electron chi connectivity index (χ4n) is 1.40. The maximum Gasteiger partial charge on any atom is 0.411 e. The van der Waals surface area contributed by atoms with Crippen LogP contribution < -0.4 is 5.32 Å². The van der Waals surface area contributed by atoms with Crippen molar-refractivity contribution >= 4 is 5.91 Å². The van der Waals surface area contributed by atoms with Gasteiger partial charge in [-0.05, 0) is 25.0 Å². The summed E-state index contributed by atoms with van der Waals surface area (Å²) in [6.07, 6.45) is -3.82. The first-order valence-corrected chi connectivity index (χ1v) is 4.85. The van der Waals surface area contributed by atoms with Gasteiger partial charge in [0, 0.05) is 6.20 Å². The Labute approximate surface area is 93.8 Å². The largest absolute Gasteiger partial charge is 0.411 e. The predicted octanol–water partition coefficient (Wildman–Crippen LogP) is 2.05. The number of pyridine rings is 1. The number of hydrogen-bond donors (Lipinski definition) is 1. The van der Waals surface area contributed by atoms with Gasteiger partial charge in [-0.25, -0.2) is 4.98 Å². The van der Waals surface area contributed by atoms with E-state index in [1.807, 2.05) is 5.32 Å². The first kappa shape index (κ1) is 11.8. The summed E-state index contributed by atoms with van der Waals surface area (Å²) in [6, 6.07) is 2.01. The maximum atomic E-state index is 12.5. The molecule has 1 saturated carbocycles. The average Bonchev–Trinajstić information content (AvgIpc) is 2.98. The van der Waals surface area contributed by atoms with Gasteiger partial charge in [0.25, 0.3) is 5.91 Å². The highest BCUT2D eigenvalue weighted by Gasteiger charge is 2.64. The molecule has 1 aliphatic rings. The van der Waals surface area contributed by atoms with E-state index in [1.165, 1.54) is 0 Å². The topological polar surface area (TPSA) is 42.0 Å². The van der Waals surface area contributed by atoms with Gasteiger partial charge < -0.3 is 5.32 Å². The van der Waals surface area contributed by atoms with E-state index < -0.39 is 23.6 Å². The quantitative estimate of drug-likeness (QED) is 0.642. The van der Waals surface area contributed by atoms with Gasteiger partial charge in [-0.2, -0.15) is 17.6 Å². The summed E-state index contributed by atoms with van der Waals surface area (Å²) >= 11 is 0. The molecule has 1 heterocycles. The van der Waals surface area contributed by atoms with Crippen molar-refractivity contribution in [3.63, 3.8) is 0 Å². The minimum atomic E-state index is -4.46. The van der Waals surface area contributed by atoms with Gasteiger partial charge in [0.05, 0.1) is 5.56 Å². The smallest absolute Gasteiger partial charge is 0.338 e. The number of halogens is 4. The van der Waals surface area contributed by atoms with Crippen LogP contribution in [0.1, 0.15) is 23.2 Å². The molecule has 0 unspecified atom stereocenters. The van der Waals surface area contributed by atoms with Crippen LogP contribution >= 0.6 is 0 Å². The minimum Gasteiger partial charge on any atom is -0.338 e. The lowest BCUT2D eigenvalue weighted by atomic mass is 10.2. The molecule has 92 valence electrons. The molecule has 7 heteroatoms. The number of alkyl halides is 3. The van der Waals surface area contributed by atoms with Gasteiger partial charge in [-0.1, -0.05) is 0 Å². The first-order valence-electron chi connectivity index (χ1n) is 4.85. The van der Waals surface area contributed by atoms with Gasteiger partial charge in [0.2, 0.25) is 5.95 Å². The molecule has 0 atom stereocenters. The number of carbonyl (C=O) groups excluding carboxylic acids is 1. The molecule has 1 aromatic heterocycles. The summed E-state index contributed by atoms with van der Waals surface area (Å²) < 4.78 is 50.1. The highest BCUT2D eigenvalue weighted by molar-refractivity contribution is 5.94. The van der Waals surface area contributed by atoms with Gasteiger partial charge >= 0.3 is 6.18 Å². The Kier molecular flexibility index (Phi) is 2.56. The average molecular weight is 248 g/mol. The van der Waals surface area contributed by atoms with Gasteiger partial charge in [0.1, 0.15) is 5.54 Å². The predicted molar refractivity (Wildman–Crippen MR) is 49.7 cm³/mol. The SMILES string of the molecule is O=C(NC1(C(F)(F)F)CC1)c1ccc(F)nc1. The Morgan fingerprint density at radius 2 is 2.00 bits per heavy atom. The normalized spacial score (nSPS) is 17.6. The van der Waals surface area contributed by atoms with Gasteiger partial charge in [-0.3, -0.25) is 4.79 Å². The Bertz CT molecular complexity index is 437. The van der Waals surface area contributed by atoms with Crippen molar-refractivity contribution in [2.24, 2.45) is 0 Å². The van der Waals surface area contributed by atoms with Crippen molar-refractivity contribution in [2.45, 2.75) is 24.6 Å². The van der Waals surface area contributed by atoms with E-state index in [2.05, 4.69) is 4.98 Å². The molecular weight excluding hydrogens is 240 g/mol.